The molecule has 0 fully saturated rings. The Bertz CT molecular complexity index is 568. The largest absolute Gasteiger partial charge is 0.487 e. The average Bonchev–Trinajstić information content (AvgIpc) is 2.84. The van der Waals surface area contributed by atoms with Gasteiger partial charge in [-0.3, -0.25) is 4.79 Å². The number of rotatable bonds is 6. The Kier molecular flexibility index (Phi) is 4.63. The van der Waals surface area contributed by atoms with E-state index >= 15 is 0 Å². The van der Waals surface area contributed by atoms with Gasteiger partial charge in [0.05, 0.1) is 10.7 Å². The van der Waals surface area contributed by atoms with Crippen LogP contribution in [0.3, 0.4) is 0 Å². The van der Waals surface area contributed by atoms with Crippen molar-refractivity contribution in [2.24, 2.45) is 0 Å². The number of carbonyl (C=O) groups excluding carboxylic acids is 1. The number of hydrogen-bond donors (Lipinski definition) is 0. The molecule has 2 aromatic rings. The molecule has 2 rings (SSSR count). The third-order valence-electron chi connectivity index (χ3n) is 2.48. The summed E-state index contributed by atoms with van der Waals surface area (Å²) in [6.07, 6.45) is 2.61. The van der Waals surface area contributed by atoms with Gasteiger partial charge in [-0.2, -0.15) is 0 Å². The van der Waals surface area contributed by atoms with Crippen molar-refractivity contribution >= 4 is 17.6 Å². The first kappa shape index (κ1) is 13.7. The summed E-state index contributed by atoms with van der Waals surface area (Å²) in [5, 5.41) is 3.01. The van der Waals surface area contributed by atoms with Crippen LogP contribution in [0.2, 0.25) is 0 Å². The standard InChI is InChI=1S/C14H14FNO2S/c1-2-3-14-16-12(9-19-14)8-18-13-5-10(7-17)4-11(15)6-13/h4-7,9H,2-3,8H2,1H3. The fourth-order valence-corrected chi connectivity index (χ4v) is 2.52. The molecule has 1 aromatic carbocycles. The first-order chi connectivity index (χ1) is 9.21. The van der Waals surface area contributed by atoms with Crippen LogP contribution in [-0.2, 0) is 13.0 Å². The topological polar surface area (TPSA) is 39.2 Å². The molecule has 0 aliphatic rings. The van der Waals surface area contributed by atoms with Crippen LogP contribution in [0.4, 0.5) is 4.39 Å². The van der Waals surface area contributed by atoms with E-state index in [9.17, 15) is 9.18 Å². The Morgan fingerprint density at radius 3 is 3.00 bits per heavy atom. The molecular formula is C14H14FNO2S. The minimum atomic E-state index is -0.482. The molecule has 0 atom stereocenters. The predicted octanol–water partition coefficient (Wildman–Crippen LogP) is 3.63. The molecule has 100 valence electrons. The van der Waals surface area contributed by atoms with E-state index in [1.165, 1.54) is 18.2 Å². The summed E-state index contributed by atoms with van der Waals surface area (Å²) in [5.74, 6) is -0.142. The van der Waals surface area contributed by atoms with Crippen LogP contribution in [0.1, 0.15) is 34.4 Å². The van der Waals surface area contributed by atoms with Crippen molar-refractivity contribution < 1.29 is 13.9 Å². The average molecular weight is 279 g/mol. The van der Waals surface area contributed by atoms with E-state index in [0.29, 0.717) is 12.0 Å². The van der Waals surface area contributed by atoms with E-state index in [2.05, 4.69) is 11.9 Å². The summed E-state index contributed by atoms with van der Waals surface area (Å²) in [5.41, 5.74) is 1.09. The van der Waals surface area contributed by atoms with Crippen molar-refractivity contribution in [1.29, 1.82) is 0 Å². The molecule has 0 amide bonds. The third kappa shape index (κ3) is 3.86. The maximum Gasteiger partial charge on any atom is 0.150 e. The van der Waals surface area contributed by atoms with Crippen molar-refractivity contribution in [1.82, 2.24) is 4.98 Å². The van der Waals surface area contributed by atoms with Crippen molar-refractivity contribution in [3.63, 3.8) is 0 Å². The van der Waals surface area contributed by atoms with Gasteiger partial charge in [0.15, 0.2) is 0 Å². The minimum absolute atomic E-state index is 0.264. The zero-order valence-electron chi connectivity index (χ0n) is 10.6. The van der Waals surface area contributed by atoms with Gasteiger partial charge in [0.25, 0.3) is 0 Å². The van der Waals surface area contributed by atoms with Gasteiger partial charge in [0.2, 0.25) is 0 Å². The van der Waals surface area contributed by atoms with Crippen molar-refractivity contribution in [2.75, 3.05) is 0 Å². The molecule has 19 heavy (non-hydrogen) atoms. The molecule has 0 aliphatic heterocycles. The summed E-state index contributed by atoms with van der Waals surface area (Å²) in [6.45, 7) is 2.38. The lowest BCUT2D eigenvalue weighted by Crippen LogP contribution is -1.97. The van der Waals surface area contributed by atoms with Gasteiger partial charge in [-0.25, -0.2) is 9.37 Å². The number of aromatic nitrogens is 1. The third-order valence-corrected chi connectivity index (χ3v) is 3.44. The van der Waals surface area contributed by atoms with Crippen LogP contribution in [-0.4, -0.2) is 11.3 Å². The molecular weight excluding hydrogens is 265 g/mol. The number of hydrogen-bond acceptors (Lipinski definition) is 4. The lowest BCUT2D eigenvalue weighted by Gasteiger charge is -2.05. The van der Waals surface area contributed by atoms with E-state index in [1.807, 2.05) is 5.38 Å². The van der Waals surface area contributed by atoms with E-state index in [-0.39, 0.29) is 12.2 Å². The fourth-order valence-electron chi connectivity index (χ4n) is 1.64. The summed E-state index contributed by atoms with van der Waals surface area (Å²) in [7, 11) is 0. The maximum absolute atomic E-state index is 13.2. The van der Waals surface area contributed by atoms with Crippen molar-refractivity contribution in [3.05, 3.63) is 45.7 Å². The Morgan fingerprint density at radius 1 is 1.42 bits per heavy atom. The Morgan fingerprint density at radius 2 is 2.26 bits per heavy atom. The zero-order valence-corrected chi connectivity index (χ0v) is 11.4. The number of aryl methyl sites for hydroxylation is 1. The predicted molar refractivity (Wildman–Crippen MR) is 72.2 cm³/mol. The van der Waals surface area contributed by atoms with Gasteiger partial charge in [-0.05, 0) is 25.0 Å². The summed E-state index contributed by atoms with van der Waals surface area (Å²) >= 11 is 1.60. The lowest BCUT2D eigenvalue weighted by molar-refractivity contribution is 0.112. The monoisotopic (exact) mass is 279 g/mol. The maximum atomic E-state index is 13.2. The first-order valence-electron chi connectivity index (χ1n) is 6.03. The number of benzene rings is 1. The number of thiazole rings is 1. The van der Waals surface area contributed by atoms with Crippen LogP contribution in [0, 0.1) is 5.82 Å². The summed E-state index contributed by atoms with van der Waals surface area (Å²) < 4.78 is 18.6. The minimum Gasteiger partial charge on any atom is -0.487 e. The number of halogens is 1. The summed E-state index contributed by atoms with van der Waals surface area (Å²) in [6, 6.07) is 3.93. The Labute approximate surface area is 115 Å². The van der Waals surface area contributed by atoms with Gasteiger partial charge in [0, 0.05) is 17.0 Å². The van der Waals surface area contributed by atoms with Crippen molar-refractivity contribution in [3.8, 4) is 5.75 Å². The van der Waals surface area contributed by atoms with Crippen LogP contribution in [0.15, 0.2) is 23.6 Å². The van der Waals surface area contributed by atoms with E-state index in [0.717, 1.165) is 23.5 Å². The van der Waals surface area contributed by atoms with Crippen LogP contribution < -0.4 is 4.74 Å². The fraction of sp³-hybridized carbons (Fsp3) is 0.286. The normalized spacial score (nSPS) is 10.4. The van der Waals surface area contributed by atoms with E-state index in [4.69, 9.17) is 4.74 Å². The highest BCUT2D eigenvalue weighted by molar-refractivity contribution is 7.09. The molecule has 0 unspecified atom stereocenters. The first-order valence-corrected chi connectivity index (χ1v) is 6.91. The molecule has 1 aromatic heterocycles. The smallest absolute Gasteiger partial charge is 0.150 e. The second-order valence-corrected chi connectivity index (χ2v) is 5.05. The second-order valence-electron chi connectivity index (χ2n) is 4.11. The highest BCUT2D eigenvalue weighted by atomic mass is 32.1. The van der Waals surface area contributed by atoms with Crippen LogP contribution in [0.5, 0.6) is 5.75 Å². The lowest BCUT2D eigenvalue weighted by atomic mass is 10.2. The quantitative estimate of drug-likeness (QED) is 0.758. The van der Waals surface area contributed by atoms with Crippen LogP contribution >= 0.6 is 11.3 Å². The molecule has 0 bridgehead atoms. The van der Waals surface area contributed by atoms with Gasteiger partial charge in [-0.15, -0.1) is 11.3 Å². The SMILES string of the molecule is CCCc1nc(COc2cc(F)cc(C=O)c2)cs1. The Hall–Kier alpha value is -1.75. The molecule has 5 heteroatoms. The van der Waals surface area contributed by atoms with Gasteiger partial charge < -0.3 is 4.74 Å². The molecule has 0 radical (unpaired) electrons. The van der Waals surface area contributed by atoms with Gasteiger partial charge >= 0.3 is 0 Å². The number of aldehydes is 1. The molecule has 0 spiro atoms. The highest BCUT2D eigenvalue weighted by Crippen LogP contribution is 2.18. The van der Waals surface area contributed by atoms with Crippen LogP contribution in [0.25, 0.3) is 0 Å². The van der Waals surface area contributed by atoms with Gasteiger partial charge in [0.1, 0.15) is 24.5 Å². The molecule has 0 saturated carbocycles. The number of ether oxygens (including phenoxy) is 1. The molecule has 0 saturated heterocycles. The Balaban J connectivity index is 2.01. The molecule has 3 nitrogen and oxygen atoms in total. The van der Waals surface area contributed by atoms with Gasteiger partial charge in [-0.1, -0.05) is 6.92 Å². The zero-order chi connectivity index (χ0) is 13.7. The second kappa shape index (κ2) is 6.43. The number of nitrogens with zero attached hydrogens (tertiary/aromatic N) is 1. The van der Waals surface area contributed by atoms with Crippen molar-refractivity contribution in [2.45, 2.75) is 26.4 Å². The number of carbonyl (C=O) groups is 1. The van der Waals surface area contributed by atoms with E-state index in [1.54, 1.807) is 11.3 Å². The molecule has 0 aliphatic carbocycles. The molecule has 1 heterocycles. The van der Waals surface area contributed by atoms with E-state index < -0.39 is 5.82 Å². The highest BCUT2D eigenvalue weighted by Gasteiger charge is 2.05. The summed E-state index contributed by atoms with van der Waals surface area (Å²) in [4.78, 5) is 15.0. The molecule has 0 N–H and O–H groups in total.